The van der Waals surface area contributed by atoms with Crippen LogP contribution in [0.3, 0.4) is 0 Å². The lowest BCUT2D eigenvalue weighted by molar-refractivity contribution is 0.318. The van der Waals surface area contributed by atoms with Crippen LogP contribution >= 0.6 is 0 Å². The van der Waals surface area contributed by atoms with Crippen LogP contribution in [0, 0.1) is 0 Å². The van der Waals surface area contributed by atoms with E-state index in [1.54, 1.807) is 6.08 Å². The molecule has 58 valence electrons. The number of hydrogen-bond donors (Lipinski definition) is 1. The Bertz CT molecular complexity index is 118. The molecule has 0 saturated carbocycles. The van der Waals surface area contributed by atoms with Gasteiger partial charge in [0.1, 0.15) is 0 Å². The average molecular weight is 141 g/mol. The lowest BCUT2D eigenvalue weighted by Gasteiger charge is -1.95. The van der Waals surface area contributed by atoms with Crippen LogP contribution in [0.25, 0.3) is 0 Å². The molecule has 0 aromatic rings. The van der Waals surface area contributed by atoms with Crippen LogP contribution in [-0.4, -0.2) is 10.9 Å². The highest BCUT2D eigenvalue weighted by Crippen LogP contribution is 2.00. The number of nitrogens with zero attached hydrogens (tertiary/aromatic N) is 1. The van der Waals surface area contributed by atoms with Gasteiger partial charge in [-0.1, -0.05) is 31.5 Å². The molecular formula is C8H15NO. The van der Waals surface area contributed by atoms with Gasteiger partial charge in [-0.2, -0.15) is 0 Å². The van der Waals surface area contributed by atoms with Gasteiger partial charge >= 0.3 is 0 Å². The van der Waals surface area contributed by atoms with Gasteiger partial charge < -0.3 is 5.21 Å². The molecule has 0 unspecified atom stereocenters. The maximum absolute atomic E-state index is 8.34. The SMILES string of the molecule is C=C/C(CCCCC)=N\O. The summed E-state index contributed by atoms with van der Waals surface area (Å²) >= 11 is 0. The molecule has 0 aliphatic carbocycles. The van der Waals surface area contributed by atoms with Crippen LogP contribution in [0.5, 0.6) is 0 Å². The van der Waals surface area contributed by atoms with Crippen molar-refractivity contribution in [1.82, 2.24) is 0 Å². The minimum Gasteiger partial charge on any atom is -0.411 e. The zero-order chi connectivity index (χ0) is 7.82. The van der Waals surface area contributed by atoms with Crippen molar-refractivity contribution < 1.29 is 5.21 Å². The van der Waals surface area contributed by atoms with E-state index in [-0.39, 0.29) is 0 Å². The maximum Gasteiger partial charge on any atom is 0.0789 e. The highest BCUT2D eigenvalue weighted by atomic mass is 16.4. The molecule has 1 N–H and O–H groups in total. The van der Waals surface area contributed by atoms with Gasteiger partial charge in [-0.15, -0.1) is 0 Å². The fraction of sp³-hybridized carbons (Fsp3) is 0.625. The number of hydrogen-bond acceptors (Lipinski definition) is 2. The van der Waals surface area contributed by atoms with Gasteiger partial charge in [-0.25, -0.2) is 0 Å². The summed E-state index contributed by atoms with van der Waals surface area (Å²) in [7, 11) is 0. The highest BCUT2D eigenvalue weighted by Gasteiger charge is 1.92. The van der Waals surface area contributed by atoms with Crippen molar-refractivity contribution in [3.05, 3.63) is 12.7 Å². The lowest BCUT2D eigenvalue weighted by Crippen LogP contribution is -1.92. The Kier molecular flexibility index (Phi) is 5.83. The standard InChI is InChI=1S/C8H15NO/c1-3-5-6-7-8(4-2)9-10/h4,10H,2-3,5-7H2,1H3/b9-8+. The second-order valence-corrected chi connectivity index (χ2v) is 2.25. The second-order valence-electron chi connectivity index (χ2n) is 2.25. The van der Waals surface area contributed by atoms with E-state index in [9.17, 15) is 0 Å². The van der Waals surface area contributed by atoms with Gasteiger partial charge in [-0.05, 0) is 18.9 Å². The second kappa shape index (κ2) is 6.33. The molecule has 0 amide bonds. The van der Waals surface area contributed by atoms with Gasteiger partial charge in [0.2, 0.25) is 0 Å². The van der Waals surface area contributed by atoms with Gasteiger partial charge in [0, 0.05) is 0 Å². The van der Waals surface area contributed by atoms with Gasteiger partial charge in [0.25, 0.3) is 0 Å². The quantitative estimate of drug-likeness (QED) is 0.271. The summed E-state index contributed by atoms with van der Waals surface area (Å²) in [6.45, 7) is 5.66. The molecule has 0 spiro atoms. The molecule has 0 aliphatic rings. The Morgan fingerprint density at radius 2 is 2.30 bits per heavy atom. The van der Waals surface area contributed by atoms with Crippen molar-refractivity contribution in [2.75, 3.05) is 0 Å². The molecule has 0 heterocycles. The number of rotatable bonds is 5. The Labute approximate surface area is 62.2 Å². The van der Waals surface area contributed by atoms with Crippen molar-refractivity contribution in [3.8, 4) is 0 Å². The fourth-order valence-corrected chi connectivity index (χ4v) is 0.749. The van der Waals surface area contributed by atoms with E-state index in [1.807, 2.05) is 0 Å². The Balaban J connectivity index is 3.36. The molecule has 0 radical (unpaired) electrons. The van der Waals surface area contributed by atoms with Gasteiger partial charge in [0.05, 0.1) is 5.71 Å². The van der Waals surface area contributed by atoms with Gasteiger partial charge in [-0.3, -0.25) is 0 Å². The summed E-state index contributed by atoms with van der Waals surface area (Å²) in [4.78, 5) is 0. The van der Waals surface area contributed by atoms with Crippen LogP contribution in [0.1, 0.15) is 32.6 Å². The first-order valence-electron chi connectivity index (χ1n) is 3.68. The Hall–Kier alpha value is -0.790. The predicted molar refractivity (Wildman–Crippen MR) is 43.6 cm³/mol. The van der Waals surface area contributed by atoms with E-state index < -0.39 is 0 Å². The molecule has 0 saturated heterocycles. The smallest absolute Gasteiger partial charge is 0.0789 e. The first-order valence-corrected chi connectivity index (χ1v) is 3.68. The van der Waals surface area contributed by atoms with E-state index in [1.165, 1.54) is 12.8 Å². The topological polar surface area (TPSA) is 32.6 Å². The third-order valence-corrected chi connectivity index (χ3v) is 1.40. The van der Waals surface area contributed by atoms with Crippen molar-refractivity contribution in [3.63, 3.8) is 0 Å². The van der Waals surface area contributed by atoms with Crippen molar-refractivity contribution >= 4 is 5.71 Å². The summed E-state index contributed by atoms with van der Waals surface area (Å²) < 4.78 is 0. The molecule has 10 heavy (non-hydrogen) atoms. The Morgan fingerprint density at radius 1 is 1.60 bits per heavy atom. The number of allylic oxidation sites excluding steroid dienone is 1. The zero-order valence-electron chi connectivity index (χ0n) is 6.51. The number of unbranched alkanes of at least 4 members (excludes halogenated alkanes) is 2. The van der Waals surface area contributed by atoms with Gasteiger partial charge in [0.15, 0.2) is 0 Å². The van der Waals surface area contributed by atoms with Crippen molar-refractivity contribution in [2.45, 2.75) is 32.6 Å². The van der Waals surface area contributed by atoms with E-state index in [0.29, 0.717) is 5.71 Å². The predicted octanol–water partition coefficient (Wildman–Crippen LogP) is 2.58. The molecule has 0 aromatic carbocycles. The number of oxime groups is 1. The van der Waals surface area contributed by atoms with Crippen LogP contribution in [0.4, 0.5) is 0 Å². The molecule has 0 aliphatic heterocycles. The highest BCUT2D eigenvalue weighted by molar-refractivity contribution is 5.93. The minimum absolute atomic E-state index is 0.688. The van der Waals surface area contributed by atoms with Crippen LogP contribution < -0.4 is 0 Å². The van der Waals surface area contributed by atoms with Crippen molar-refractivity contribution in [1.29, 1.82) is 0 Å². The third-order valence-electron chi connectivity index (χ3n) is 1.40. The molecule has 0 atom stereocenters. The maximum atomic E-state index is 8.34. The third kappa shape index (κ3) is 4.13. The van der Waals surface area contributed by atoms with Crippen molar-refractivity contribution in [2.24, 2.45) is 5.16 Å². The molecule has 0 fully saturated rings. The first-order chi connectivity index (χ1) is 4.85. The summed E-state index contributed by atoms with van der Waals surface area (Å²) in [6, 6.07) is 0. The van der Waals surface area contributed by atoms with Crippen LogP contribution in [-0.2, 0) is 0 Å². The van der Waals surface area contributed by atoms with Crippen LogP contribution in [0.2, 0.25) is 0 Å². The molecule has 0 aromatic heterocycles. The summed E-state index contributed by atoms with van der Waals surface area (Å²) in [6.07, 6.45) is 5.90. The molecule has 2 heteroatoms. The van der Waals surface area contributed by atoms with E-state index >= 15 is 0 Å². The van der Waals surface area contributed by atoms with E-state index in [4.69, 9.17) is 5.21 Å². The monoisotopic (exact) mass is 141 g/mol. The fourth-order valence-electron chi connectivity index (χ4n) is 0.749. The molecule has 0 bridgehead atoms. The zero-order valence-corrected chi connectivity index (χ0v) is 6.51. The summed E-state index contributed by atoms with van der Waals surface area (Å²) in [5.74, 6) is 0. The molecule has 0 rings (SSSR count). The normalized spacial score (nSPS) is 11.5. The van der Waals surface area contributed by atoms with E-state index in [0.717, 1.165) is 12.8 Å². The largest absolute Gasteiger partial charge is 0.411 e. The summed E-state index contributed by atoms with van der Waals surface area (Å²) in [5, 5.41) is 11.4. The average Bonchev–Trinajstić information content (AvgIpc) is 1.99. The van der Waals surface area contributed by atoms with E-state index in [2.05, 4.69) is 18.7 Å². The summed E-state index contributed by atoms with van der Waals surface area (Å²) in [5.41, 5.74) is 0.688. The molecular weight excluding hydrogens is 126 g/mol. The lowest BCUT2D eigenvalue weighted by atomic mass is 10.1. The first kappa shape index (κ1) is 9.21. The Morgan fingerprint density at radius 3 is 2.70 bits per heavy atom. The minimum atomic E-state index is 0.688. The molecule has 2 nitrogen and oxygen atoms in total. The van der Waals surface area contributed by atoms with Crippen LogP contribution in [0.15, 0.2) is 17.8 Å².